The Labute approximate surface area is 107 Å². The van der Waals surface area contributed by atoms with Gasteiger partial charge >= 0.3 is 0 Å². The summed E-state index contributed by atoms with van der Waals surface area (Å²) in [5.41, 5.74) is 2.96. The third-order valence-electron chi connectivity index (χ3n) is 2.80. The minimum Gasteiger partial charge on any atom is -0.390 e. The molecule has 2 rings (SSSR count). The normalized spacial score (nSPS) is 10.8. The third kappa shape index (κ3) is 3.42. The van der Waals surface area contributed by atoms with Gasteiger partial charge in [0.05, 0.1) is 25.5 Å². The second-order valence-corrected chi connectivity index (χ2v) is 4.20. The van der Waals surface area contributed by atoms with Crippen molar-refractivity contribution in [2.45, 2.75) is 19.6 Å². The van der Waals surface area contributed by atoms with Crippen molar-refractivity contribution in [1.29, 1.82) is 0 Å². The topological polar surface area (TPSA) is 47.3 Å². The summed E-state index contributed by atoms with van der Waals surface area (Å²) in [4.78, 5) is 0. The molecule has 0 saturated carbocycles. The number of aromatic nitrogens is 2. The van der Waals surface area contributed by atoms with Crippen molar-refractivity contribution in [3.63, 3.8) is 0 Å². The Kier molecular flexibility index (Phi) is 4.50. The van der Waals surface area contributed by atoms with Gasteiger partial charge in [0.1, 0.15) is 0 Å². The molecule has 0 fully saturated rings. The van der Waals surface area contributed by atoms with Gasteiger partial charge < -0.3 is 9.84 Å². The van der Waals surface area contributed by atoms with E-state index in [9.17, 15) is 0 Å². The molecule has 2 aromatic rings. The number of hydrogen-bond donors (Lipinski definition) is 1. The van der Waals surface area contributed by atoms with E-state index in [2.05, 4.69) is 5.10 Å². The minimum atomic E-state index is -0.0152. The van der Waals surface area contributed by atoms with E-state index < -0.39 is 0 Å². The Balaban J connectivity index is 1.76. The highest BCUT2D eigenvalue weighted by Gasteiger charge is 2.03. The molecule has 1 aromatic carbocycles. The van der Waals surface area contributed by atoms with Crippen LogP contribution in [0.3, 0.4) is 0 Å². The van der Waals surface area contributed by atoms with Crippen LogP contribution in [0, 0.1) is 0 Å². The van der Waals surface area contributed by atoms with E-state index in [-0.39, 0.29) is 6.61 Å². The van der Waals surface area contributed by atoms with Gasteiger partial charge in [-0.25, -0.2) is 0 Å². The molecule has 4 heteroatoms. The van der Waals surface area contributed by atoms with Crippen LogP contribution in [-0.2, 0) is 31.4 Å². The number of hydrogen-bond acceptors (Lipinski definition) is 3. The molecule has 0 aliphatic heterocycles. The largest absolute Gasteiger partial charge is 0.390 e. The predicted octanol–water partition coefficient (Wildman–Crippen LogP) is 1.67. The van der Waals surface area contributed by atoms with Crippen LogP contribution < -0.4 is 0 Å². The van der Waals surface area contributed by atoms with Crippen molar-refractivity contribution in [2.75, 3.05) is 6.61 Å². The highest BCUT2D eigenvalue weighted by molar-refractivity contribution is 5.13. The Bertz CT molecular complexity index is 480. The molecule has 18 heavy (non-hydrogen) atoms. The second-order valence-electron chi connectivity index (χ2n) is 4.20. The highest BCUT2D eigenvalue weighted by atomic mass is 16.5. The SMILES string of the molecule is Cn1nc(CO)cc1CCOCc1ccccc1. The van der Waals surface area contributed by atoms with Crippen LogP contribution >= 0.6 is 0 Å². The van der Waals surface area contributed by atoms with Crippen molar-refractivity contribution in [2.24, 2.45) is 7.05 Å². The first kappa shape index (κ1) is 12.8. The van der Waals surface area contributed by atoms with E-state index in [1.807, 2.05) is 43.4 Å². The van der Waals surface area contributed by atoms with Crippen molar-refractivity contribution in [1.82, 2.24) is 9.78 Å². The van der Waals surface area contributed by atoms with Crippen LogP contribution in [0.1, 0.15) is 17.0 Å². The summed E-state index contributed by atoms with van der Waals surface area (Å²) in [6.07, 6.45) is 0.802. The Morgan fingerprint density at radius 1 is 1.28 bits per heavy atom. The van der Waals surface area contributed by atoms with Crippen molar-refractivity contribution < 1.29 is 9.84 Å². The molecule has 96 valence electrons. The molecule has 0 unspecified atom stereocenters. The Morgan fingerprint density at radius 2 is 2.06 bits per heavy atom. The highest BCUT2D eigenvalue weighted by Crippen LogP contribution is 2.05. The summed E-state index contributed by atoms with van der Waals surface area (Å²) < 4.78 is 7.41. The van der Waals surface area contributed by atoms with Crippen LogP contribution in [-0.4, -0.2) is 21.5 Å². The van der Waals surface area contributed by atoms with E-state index in [0.29, 0.717) is 18.9 Å². The standard InChI is InChI=1S/C14H18N2O2/c1-16-14(9-13(10-17)15-16)7-8-18-11-12-5-3-2-4-6-12/h2-6,9,17H,7-8,10-11H2,1H3. The van der Waals surface area contributed by atoms with Crippen LogP contribution in [0.15, 0.2) is 36.4 Å². The first-order valence-corrected chi connectivity index (χ1v) is 6.04. The third-order valence-corrected chi connectivity index (χ3v) is 2.80. The van der Waals surface area contributed by atoms with Gasteiger partial charge in [0, 0.05) is 19.2 Å². The van der Waals surface area contributed by atoms with Gasteiger partial charge in [-0.1, -0.05) is 30.3 Å². The molecule has 0 bridgehead atoms. The minimum absolute atomic E-state index is 0.0152. The fourth-order valence-electron chi connectivity index (χ4n) is 1.82. The summed E-state index contributed by atoms with van der Waals surface area (Å²) in [5, 5.41) is 13.2. The lowest BCUT2D eigenvalue weighted by atomic mass is 10.2. The summed E-state index contributed by atoms with van der Waals surface area (Å²) in [5.74, 6) is 0. The maximum Gasteiger partial charge on any atom is 0.0881 e. The smallest absolute Gasteiger partial charge is 0.0881 e. The molecule has 0 radical (unpaired) electrons. The lowest BCUT2D eigenvalue weighted by molar-refractivity contribution is 0.122. The van der Waals surface area contributed by atoms with Crippen LogP contribution in [0.4, 0.5) is 0 Å². The van der Waals surface area contributed by atoms with Gasteiger partial charge in [0.15, 0.2) is 0 Å². The van der Waals surface area contributed by atoms with Crippen molar-refractivity contribution in [3.8, 4) is 0 Å². The van der Waals surface area contributed by atoms with Crippen molar-refractivity contribution >= 4 is 0 Å². The maximum absolute atomic E-state index is 8.99. The van der Waals surface area contributed by atoms with E-state index in [1.54, 1.807) is 4.68 Å². The fourth-order valence-corrected chi connectivity index (χ4v) is 1.82. The molecule has 1 heterocycles. The zero-order valence-corrected chi connectivity index (χ0v) is 10.5. The molecule has 0 aliphatic rings. The molecule has 0 aliphatic carbocycles. The van der Waals surface area contributed by atoms with Crippen LogP contribution in [0.25, 0.3) is 0 Å². The first-order chi connectivity index (χ1) is 8.79. The Hall–Kier alpha value is -1.65. The summed E-state index contributed by atoms with van der Waals surface area (Å²) in [6.45, 7) is 1.27. The van der Waals surface area contributed by atoms with E-state index in [4.69, 9.17) is 9.84 Å². The monoisotopic (exact) mass is 246 g/mol. The first-order valence-electron chi connectivity index (χ1n) is 6.04. The van der Waals surface area contributed by atoms with Gasteiger partial charge in [0.2, 0.25) is 0 Å². The number of benzene rings is 1. The zero-order chi connectivity index (χ0) is 12.8. The average Bonchev–Trinajstić information content (AvgIpc) is 2.77. The molecule has 1 N–H and O–H groups in total. The van der Waals surface area contributed by atoms with E-state index in [0.717, 1.165) is 12.1 Å². The number of ether oxygens (including phenoxy) is 1. The molecule has 0 spiro atoms. The summed E-state index contributed by atoms with van der Waals surface area (Å²) >= 11 is 0. The number of nitrogens with zero attached hydrogens (tertiary/aromatic N) is 2. The van der Waals surface area contributed by atoms with Gasteiger partial charge in [0.25, 0.3) is 0 Å². The molecule has 0 amide bonds. The Morgan fingerprint density at radius 3 is 2.72 bits per heavy atom. The predicted molar refractivity (Wildman–Crippen MR) is 68.9 cm³/mol. The van der Waals surface area contributed by atoms with E-state index in [1.165, 1.54) is 5.56 Å². The van der Waals surface area contributed by atoms with Gasteiger partial charge in [-0.3, -0.25) is 4.68 Å². The average molecular weight is 246 g/mol. The zero-order valence-electron chi connectivity index (χ0n) is 10.5. The van der Waals surface area contributed by atoms with Crippen LogP contribution in [0.5, 0.6) is 0 Å². The summed E-state index contributed by atoms with van der Waals surface area (Å²) in [7, 11) is 1.88. The van der Waals surface area contributed by atoms with Gasteiger partial charge in [-0.05, 0) is 11.6 Å². The quantitative estimate of drug-likeness (QED) is 0.789. The van der Waals surface area contributed by atoms with Gasteiger partial charge in [-0.15, -0.1) is 0 Å². The molecule has 4 nitrogen and oxygen atoms in total. The molecule has 1 aromatic heterocycles. The van der Waals surface area contributed by atoms with Crippen molar-refractivity contribution in [3.05, 3.63) is 53.3 Å². The number of aliphatic hydroxyl groups is 1. The van der Waals surface area contributed by atoms with Gasteiger partial charge in [-0.2, -0.15) is 5.10 Å². The number of rotatable bonds is 6. The summed E-state index contributed by atoms with van der Waals surface area (Å²) in [6, 6.07) is 12.0. The fraction of sp³-hybridized carbons (Fsp3) is 0.357. The molecular weight excluding hydrogens is 228 g/mol. The molecule has 0 atom stereocenters. The number of aliphatic hydroxyl groups excluding tert-OH is 1. The molecular formula is C14H18N2O2. The lowest BCUT2D eigenvalue weighted by Crippen LogP contribution is -2.04. The number of aryl methyl sites for hydroxylation is 1. The maximum atomic E-state index is 8.99. The van der Waals surface area contributed by atoms with E-state index >= 15 is 0 Å². The molecule has 0 saturated heterocycles. The lowest BCUT2D eigenvalue weighted by Gasteiger charge is -2.04. The van der Waals surface area contributed by atoms with Crippen LogP contribution in [0.2, 0.25) is 0 Å². The second kappa shape index (κ2) is 6.33.